The number of nitrogens with zero attached hydrogens (tertiary/aromatic N) is 3. The summed E-state index contributed by atoms with van der Waals surface area (Å²) >= 11 is 0. The fourth-order valence-electron chi connectivity index (χ4n) is 1.73. The number of carbonyl (C=O) groups is 1. The highest BCUT2D eigenvalue weighted by Gasteiger charge is 2.17. The molecule has 1 aromatic heterocycles. The van der Waals surface area contributed by atoms with Gasteiger partial charge in [0.1, 0.15) is 0 Å². The van der Waals surface area contributed by atoms with Crippen molar-refractivity contribution in [3.63, 3.8) is 0 Å². The Hall–Kier alpha value is -2.97. The maximum Gasteiger partial charge on any atom is 0.322 e. The van der Waals surface area contributed by atoms with E-state index in [1.54, 1.807) is 6.07 Å². The average Bonchev–Trinajstić information content (AvgIpc) is 2.61. The van der Waals surface area contributed by atoms with Gasteiger partial charge in [0.05, 0.1) is 20.8 Å². The third kappa shape index (κ3) is 4.51. The predicted molar refractivity (Wildman–Crippen MR) is 81.3 cm³/mol. The van der Waals surface area contributed by atoms with Gasteiger partial charge in [0.2, 0.25) is 0 Å². The maximum absolute atomic E-state index is 13.5. The lowest BCUT2D eigenvalue weighted by molar-refractivity contribution is -0.127. The highest BCUT2D eigenvalue weighted by Crippen LogP contribution is 2.17. The van der Waals surface area contributed by atoms with Crippen LogP contribution in [0, 0.1) is 5.82 Å². The van der Waals surface area contributed by atoms with Crippen molar-refractivity contribution in [3.8, 4) is 17.8 Å². The molecule has 2 aromatic rings. The molecule has 0 aliphatic rings. The second-order valence-corrected chi connectivity index (χ2v) is 4.63. The van der Waals surface area contributed by atoms with Gasteiger partial charge in [-0.2, -0.15) is 9.97 Å². The van der Waals surface area contributed by atoms with E-state index in [9.17, 15) is 9.18 Å². The fraction of sp³-hybridized carbons (Fsp3) is 0.333. The van der Waals surface area contributed by atoms with Gasteiger partial charge in [-0.15, -0.1) is 4.98 Å². The minimum atomic E-state index is -0.896. The largest absolute Gasteiger partial charge is 0.478 e. The van der Waals surface area contributed by atoms with Crippen LogP contribution < -0.4 is 19.5 Å². The number of ether oxygens (including phenoxy) is 3. The van der Waals surface area contributed by atoms with E-state index in [0.29, 0.717) is 0 Å². The highest BCUT2D eigenvalue weighted by atomic mass is 19.1. The van der Waals surface area contributed by atoms with Crippen LogP contribution in [0.15, 0.2) is 24.3 Å². The van der Waals surface area contributed by atoms with Gasteiger partial charge in [0.25, 0.3) is 5.91 Å². The fourth-order valence-corrected chi connectivity index (χ4v) is 1.73. The molecule has 0 saturated carbocycles. The molecular formula is C15H17FN4O4. The minimum Gasteiger partial charge on any atom is -0.478 e. The zero-order valence-corrected chi connectivity index (χ0v) is 13.4. The van der Waals surface area contributed by atoms with E-state index < -0.39 is 17.8 Å². The molecule has 2 rings (SSSR count). The Morgan fingerprint density at radius 3 is 2.38 bits per heavy atom. The van der Waals surface area contributed by atoms with Gasteiger partial charge in [-0.1, -0.05) is 12.1 Å². The smallest absolute Gasteiger partial charge is 0.322 e. The number of benzene rings is 1. The van der Waals surface area contributed by atoms with E-state index >= 15 is 0 Å². The van der Waals surface area contributed by atoms with Crippen LogP contribution in [-0.2, 0) is 11.3 Å². The van der Waals surface area contributed by atoms with Gasteiger partial charge in [0, 0.05) is 0 Å². The molecule has 0 saturated heterocycles. The van der Waals surface area contributed by atoms with E-state index in [1.165, 1.54) is 39.3 Å². The SMILES string of the molecule is COc1nc(CNC(=O)C(C)Oc2ccccc2F)nc(OC)n1. The van der Waals surface area contributed by atoms with Gasteiger partial charge in [0.15, 0.2) is 23.5 Å². The molecule has 0 aliphatic carbocycles. The van der Waals surface area contributed by atoms with Crippen LogP contribution in [0.1, 0.15) is 12.7 Å². The van der Waals surface area contributed by atoms with E-state index in [4.69, 9.17) is 14.2 Å². The first-order chi connectivity index (χ1) is 11.5. The number of amides is 1. The van der Waals surface area contributed by atoms with E-state index in [0.717, 1.165) is 0 Å². The summed E-state index contributed by atoms with van der Waals surface area (Å²) in [5, 5.41) is 2.59. The molecule has 1 heterocycles. The quantitative estimate of drug-likeness (QED) is 0.809. The van der Waals surface area contributed by atoms with Crippen molar-refractivity contribution < 1.29 is 23.4 Å². The number of para-hydroxylation sites is 1. The Labute approximate surface area is 138 Å². The first-order valence-electron chi connectivity index (χ1n) is 7.05. The first kappa shape index (κ1) is 17.4. The van der Waals surface area contributed by atoms with Gasteiger partial charge in [-0.3, -0.25) is 4.79 Å². The van der Waals surface area contributed by atoms with Crippen molar-refractivity contribution in [3.05, 3.63) is 35.9 Å². The van der Waals surface area contributed by atoms with Crippen LogP contribution >= 0.6 is 0 Å². The van der Waals surface area contributed by atoms with E-state index in [1.807, 2.05) is 0 Å². The van der Waals surface area contributed by atoms with Crippen molar-refractivity contribution in [2.45, 2.75) is 19.6 Å². The Morgan fingerprint density at radius 1 is 1.17 bits per heavy atom. The number of hydrogen-bond donors (Lipinski definition) is 1. The molecule has 0 fully saturated rings. The zero-order valence-electron chi connectivity index (χ0n) is 13.4. The van der Waals surface area contributed by atoms with Crippen LogP contribution in [0.4, 0.5) is 4.39 Å². The molecule has 1 amide bonds. The number of halogens is 1. The van der Waals surface area contributed by atoms with Crippen LogP contribution in [0.3, 0.4) is 0 Å². The second-order valence-electron chi connectivity index (χ2n) is 4.63. The third-order valence-corrected chi connectivity index (χ3v) is 2.94. The summed E-state index contributed by atoms with van der Waals surface area (Å²) in [6, 6.07) is 5.99. The number of nitrogens with one attached hydrogen (secondary N) is 1. The van der Waals surface area contributed by atoms with Crippen molar-refractivity contribution in [1.29, 1.82) is 0 Å². The molecule has 0 radical (unpaired) electrons. The molecular weight excluding hydrogens is 319 g/mol. The molecule has 0 aliphatic heterocycles. The summed E-state index contributed by atoms with van der Waals surface area (Å²) in [4.78, 5) is 23.9. The zero-order chi connectivity index (χ0) is 17.5. The standard InChI is InChI=1S/C15H17FN4O4/c1-9(24-11-7-5-4-6-10(11)16)13(21)17-8-12-18-14(22-2)20-15(19-12)23-3/h4-7,9H,8H2,1-3H3,(H,17,21). The lowest BCUT2D eigenvalue weighted by Gasteiger charge is -2.15. The molecule has 1 aromatic carbocycles. The number of methoxy groups -OCH3 is 2. The van der Waals surface area contributed by atoms with Gasteiger partial charge in [-0.25, -0.2) is 4.39 Å². The molecule has 1 unspecified atom stereocenters. The van der Waals surface area contributed by atoms with Crippen molar-refractivity contribution in [1.82, 2.24) is 20.3 Å². The second kappa shape index (κ2) is 8.04. The Balaban J connectivity index is 1.96. The summed E-state index contributed by atoms with van der Waals surface area (Å²) in [7, 11) is 2.81. The molecule has 9 heteroatoms. The van der Waals surface area contributed by atoms with Crippen molar-refractivity contribution in [2.75, 3.05) is 14.2 Å². The lowest BCUT2D eigenvalue weighted by Crippen LogP contribution is -2.36. The van der Waals surface area contributed by atoms with Crippen LogP contribution in [-0.4, -0.2) is 41.2 Å². The molecule has 8 nitrogen and oxygen atoms in total. The van der Waals surface area contributed by atoms with Gasteiger partial charge in [-0.05, 0) is 19.1 Å². The summed E-state index contributed by atoms with van der Waals surface area (Å²) in [6.07, 6.45) is -0.896. The molecule has 1 atom stereocenters. The normalized spacial score (nSPS) is 11.5. The van der Waals surface area contributed by atoms with Crippen molar-refractivity contribution >= 4 is 5.91 Å². The van der Waals surface area contributed by atoms with Gasteiger partial charge < -0.3 is 19.5 Å². The summed E-state index contributed by atoms with van der Waals surface area (Å²) in [5.74, 6) is -0.727. The third-order valence-electron chi connectivity index (χ3n) is 2.94. The number of rotatable bonds is 7. The summed E-state index contributed by atoms with van der Waals surface area (Å²) < 4.78 is 28.7. The minimum absolute atomic E-state index is 0.00338. The van der Waals surface area contributed by atoms with Crippen molar-refractivity contribution in [2.24, 2.45) is 0 Å². The van der Waals surface area contributed by atoms with E-state index in [2.05, 4.69) is 20.3 Å². The highest BCUT2D eigenvalue weighted by molar-refractivity contribution is 5.80. The monoisotopic (exact) mass is 336 g/mol. The predicted octanol–water partition coefficient (Wildman–Crippen LogP) is 1.11. The first-order valence-corrected chi connectivity index (χ1v) is 7.05. The van der Waals surface area contributed by atoms with Crippen LogP contribution in [0.5, 0.6) is 17.8 Å². The van der Waals surface area contributed by atoms with Crippen LogP contribution in [0.25, 0.3) is 0 Å². The van der Waals surface area contributed by atoms with E-state index in [-0.39, 0.29) is 30.1 Å². The molecule has 0 spiro atoms. The Morgan fingerprint density at radius 2 is 1.79 bits per heavy atom. The summed E-state index contributed by atoms with van der Waals surface area (Å²) in [5.41, 5.74) is 0. The molecule has 128 valence electrons. The number of aromatic nitrogens is 3. The summed E-state index contributed by atoms with van der Waals surface area (Å²) in [6.45, 7) is 1.52. The lowest BCUT2D eigenvalue weighted by atomic mass is 10.3. The number of hydrogen-bond acceptors (Lipinski definition) is 7. The Bertz CT molecular complexity index is 691. The molecule has 0 bridgehead atoms. The number of carbonyl (C=O) groups excluding carboxylic acids is 1. The van der Waals surface area contributed by atoms with Crippen LogP contribution in [0.2, 0.25) is 0 Å². The average molecular weight is 336 g/mol. The van der Waals surface area contributed by atoms with Gasteiger partial charge >= 0.3 is 12.0 Å². The maximum atomic E-state index is 13.5. The Kier molecular flexibility index (Phi) is 5.83. The molecule has 24 heavy (non-hydrogen) atoms. The topological polar surface area (TPSA) is 95.5 Å². The molecule has 1 N–H and O–H groups in total.